The summed E-state index contributed by atoms with van der Waals surface area (Å²) in [4.78, 5) is 12.3. The smallest absolute Gasteiger partial charge is 0.223 e. The van der Waals surface area contributed by atoms with Crippen LogP contribution in [0.15, 0.2) is 18.2 Å². The molecule has 1 atom stereocenters. The van der Waals surface area contributed by atoms with E-state index in [2.05, 4.69) is 10.6 Å². The number of carbonyl (C=O) groups excluding carboxylic acids is 1. The standard InChI is InChI=1S/C16H22Cl2N2O/c1-10(12-8-19-9-12)15(21)20-16(2,3)7-11-4-5-13(17)6-14(11)18/h4-6,10,12,19H,7-9H2,1-3H3,(H,20,21). The Kier molecular flexibility index (Phi) is 5.18. The van der Waals surface area contributed by atoms with Crippen molar-refractivity contribution in [1.29, 1.82) is 0 Å². The molecule has 3 nitrogen and oxygen atoms in total. The number of carbonyl (C=O) groups is 1. The molecule has 1 aromatic rings. The first-order valence-corrected chi connectivity index (χ1v) is 8.01. The largest absolute Gasteiger partial charge is 0.351 e. The Morgan fingerprint density at radius 1 is 1.43 bits per heavy atom. The average Bonchev–Trinajstić information content (AvgIpc) is 2.30. The summed E-state index contributed by atoms with van der Waals surface area (Å²) in [5, 5.41) is 7.60. The number of nitrogens with one attached hydrogen (secondary N) is 2. The van der Waals surface area contributed by atoms with Gasteiger partial charge in [-0.15, -0.1) is 0 Å². The molecule has 1 aliphatic rings. The predicted molar refractivity (Wildman–Crippen MR) is 87.9 cm³/mol. The van der Waals surface area contributed by atoms with Gasteiger partial charge in [-0.2, -0.15) is 0 Å². The number of benzene rings is 1. The maximum atomic E-state index is 12.3. The number of halogens is 2. The Morgan fingerprint density at radius 2 is 2.10 bits per heavy atom. The lowest BCUT2D eigenvalue weighted by Gasteiger charge is -2.35. The van der Waals surface area contributed by atoms with E-state index in [1.807, 2.05) is 32.9 Å². The normalized spacial score (nSPS) is 17.2. The minimum Gasteiger partial charge on any atom is -0.351 e. The lowest BCUT2D eigenvalue weighted by atomic mass is 9.87. The first-order chi connectivity index (χ1) is 9.78. The molecule has 0 radical (unpaired) electrons. The molecule has 1 saturated heterocycles. The summed E-state index contributed by atoms with van der Waals surface area (Å²) in [7, 11) is 0. The van der Waals surface area contributed by atoms with Crippen molar-refractivity contribution in [3.05, 3.63) is 33.8 Å². The van der Waals surface area contributed by atoms with Gasteiger partial charge >= 0.3 is 0 Å². The van der Waals surface area contributed by atoms with Crippen molar-refractivity contribution >= 4 is 29.1 Å². The van der Waals surface area contributed by atoms with Crippen molar-refractivity contribution < 1.29 is 4.79 Å². The molecular weight excluding hydrogens is 307 g/mol. The van der Waals surface area contributed by atoms with E-state index >= 15 is 0 Å². The van der Waals surface area contributed by atoms with E-state index in [1.54, 1.807) is 6.07 Å². The molecule has 21 heavy (non-hydrogen) atoms. The highest BCUT2D eigenvalue weighted by atomic mass is 35.5. The predicted octanol–water partition coefficient (Wildman–Crippen LogP) is 3.29. The van der Waals surface area contributed by atoms with Gasteiger partial charge in [0.25, 0.3) is 0 Å². The SMILES string of the molecule is CC(C(=O)NC(C)(C)Cc1ccc(Cl)cc1Cl)C1CNC1. The van der Waals surface area contributed by atoms with Crippen LogP contribution in [0.1, 0.15) is 26.3 Å². The molecule has 0 spiro atoms. The highest BCUT2D eigenvalue weighted by Crippen LogP contribution is 2.25. The van der Waals surface area contributed by atoms with Crippen LogP contribution in [-0.4, -0.2) is 24.5 Å². The molecule has 2 rings (SSSR count). The van der Waals surface area contributed by atoms with Crippen molar-refractivity contribution in [2.75, 3.05) is 13.1 Å². The highest BCUT2D eigenvalue weighted by Gasteiger charge is 2.31. The van der Waals surface area contributed by atoms with Gasteiger partial charge in [-0.05, 0) is 57.0 Å². The van der Waals surface area contributed by atoms with Crippen molar-refractivity contribution in [1.82, 2.24) is 10.6 Å². The van der Waals surface area contributed by atoms with E-state index in [1.165, 1.54) is 0 Å². The number of amides is 1. The zero-order valence-corrected chi connectivity index (χ0v) is 14.2. The first kappa shape index (κ1) is 16.6. The Labute approximate surface area is 136 Å². The van der Waals surface area contributed by atoms with Crippen LogP contribution >= 0.6 is 23.2 Å². The summed E-state index contributed by atoms with van der Waals surface area (Å²) in [5.74, 6) is 0.586. The molecule has 0 saturated carbocycles. The van der Waals surface area contributed by atoms with Crippen LogP contribution in [0.4, 0.5) is 0 Å². The molecular formula is C16H22Cl2N2O. The fourth-order valence-corrected chi connectivity index (χ4v) is 2.99. The van der Waals surface area contributed by atoms with E-state index in [9.17, 15) is 4.79 Å². The van der Waals surface area contributed by atoms with Crippen molar-refractivity contribution in [2.24, 2.45) is 11.8 Å². The molecule has 0 aromatic heterocycles. The minimum atomic E-state index is -0.347. The summed E-state index contributed by atoms with van der Waals surface area (Å²) < 4.78 is 0. The Morgan fingerprint density at radius 3 is 2.62 bits per heavy atom. The average molecular weight is 329 g/mol. The Balaban J connectivity index is 1.98. The second-order valence-electron chi connectivity index (χ2n) is 6.49. The van der Waals surface area contributed by atoms with E-state index in [0.29, 0.717) is 22.4 Å². The molecule has 1 fully saturated rings. The van der Waals surface area contributed by atoms with Gasteiger partial charge in [0, 0.05) is 21.5 Å². The minimum absolute atomic E-state index is 0.0335. The van der Waals surface area contributed by atoms with E-state index in [0.717, 1.165) is 18.7 Å². The molecule has 116 valence electrons. The maximum absolute atomic E-state index is 12.3. The molecule has 1 unspecified atom stereocenters. The van der Waals surface area contributed by atoms with Gasteiger partial charge in [0.2, 0.25) is 5.91 Å². The van der Waals surface area contributed by atoms with Crippen molar-refractivity contribution in [3.8, 4) is 0 Å². The fraction of sp³-hybridized carbons (Fsp3) is 0.562. The monoisotopic (exact) mass is 328 g/mol. The number of rotatable bonds is 5. The van der Waals surface area contributed by atoms with Crippen LogP contribution in [0.5, 0.6) is 0 Å². The van der Waals surface area contributed by atoms with Crippen LogP contribution in [0.2, 0.25) is 10.0 Å². The number of hydrogen-bond donors (Lipinski definition) is 2. The lowest BCUT2D eigenvalue weighted by molar-refractivity contribution is -0.128. The molecule has 5 heteroatoms. The molecule has 1 aliphatic heterocycles. The number of hydrogen-bond acceptors (Lipinski definition) is 2. The van der Waals surface area contributed by atoms with E-state index in [4.69, 9.17) is 23.2 Å². The van der Waals surface area contributed by atoms with Gasteiger partial charge < -0.3 is 10.6 Å². The summed E-state index contributed by atoms with van der Waals surface area (Å²) in [6.45, 7) is 7.88. The van der Waals surface area contributed by atoms with Gasteiger partial charge in [0.1, 0.15) is 0 Å². The van der Waals surface area contributed by atoms with Crippen LogP contribution in [-0.2, 0) is 11.2 Å². The highest BCUT2D eigenvalue weighted by molar-refractivity contribution is 6.35. The summed E-state index contributed by atoms with van der Waals surface area (Å²) >= 11 is 12.1. The van der Waals surface area contributed by atoms with Crippen LogP contribution < -0.4 is 10.6 Å². The van der Waals surface area contributed by atoms with Crippen molar-refractivity contribution in [3.63, 3.8) is 0 Å². The Hall–Kier alpha value is -0.770. The van der Waals surface area contributed by atoms with E-state index < -0.39 is 0 Å². The third-order valence-corrected chi connectivity index (χ3v) is 4.63. The fourth-order valence-electron chi connectivity index (χ4n) is 2.51. The summed E-state index contributed by atoms with van der Waals surface area (Å²) in [6.07, 6.45) is 0.671. The molecule has 2 N–H and O–H groups in total. The molecule has 1 amide bonds. The topological polar surface area (TPSA) is 41.1 Å². The maximum Gasteiger partial charge on any atom is 0.223 e. The second-order valence-corrected chi connectivity index (χ2v) is 7.34. The quantitative estimate of drug-likeness (QED) is 0.870. The summed E-state index contributed by atoms with van der Waals surface area (Å²) in [6, 6.07) is 5.47. The third kappa shape index (κ3) is 4.35. The van der Waals surface area contributed by atoms with Gasteiger partial charge in [0.15, 0.2) is 0 Å². The third-order valence-electron chi connectivity index (χ3n) is 4.04. The van der Waals surface area contributed by atoms with Crippen LogP contribution in [0.25, 0.3) is 0 Å². The lowest BCUT2D eigenvalue weighted by Crippen LogP contribution is -2.53. The Bertz CT molecular complexity index is 527. The zero-order chi connectivity index (χ0) is 15.6. The van der Waals surface area contributed by atoms with Gasteiger partial charge in [-0.1, -0.05) is 36.2 Å². The second kappa shape index (κ2) is 6.55. The summed E-state index contributed by atoms with van der Waals surface area (Å²) in [5.41, 5.74) is 0.643. The molecule has 1 heterocycles. The van der Waals surface area contributed by atoms with Gasteiger partial charge in [-0.3, -0.25) is 4.79 Å². The van der Waals surface area contributed by atoms with E-state index in [-0.39, 0.29) is 17.4 Å². The van der Waals surface area contributed by atoms with Crippen molar-refractivity contribution in [2.45, 2.75) is 32.7 Å². The molecule has 0 aliphatic carbocycles. The zero-order valence-electron chi connectivity index (χ0n) is 12.7. The van der Waals surface area contributed by atoms with Crippen LogP contribution in [0.3, 0.4) is 0 Å². The first-order valence-electron chi connectivity index (χ1n) is 7.25. The van der Waals surface area contributed by atoms with Crippen LogP contribution in [0, 0.1) is 11.8 Å². The van der Waals surface area contributed by atoms with Gasteiger partial charge in [-0.25, -0.2) is 0 Å². The molecule has 0 bridgehead atoms. The molecule has 1 aromatic carbocycles. The van der Waals surface area contributed by atoms with Gasteiger partial charge in [0.05, 0.1) is 0 Å².